The first-order chi connectivity index (χ1) is 12.5. The maximum atomic E-state index is 12.8. The number of nitro groups is 1. The molecule has 138 valence electrons. The Kier molecular flexibility index (Phi) is 4.14. The first-order valence-corrected chi connectivity index (χ1v) is 8.92. The summed E-state index contributed by atoms with van der Waals surface area (Å²) >= 11 is 0. The van der Waals surface area contributed by atoms with Crippen molar-refractivity contribution in [2.24, 2.45) is 0 Å². The number of nitrogens with zero attached hydrogens (tertiary/aromatic N) is 4. The molecular weight excluding hydrogens is 338 g/mol. The summed E-state index contributed by atoms with van der Waals surface area (Å²) in [6, 6.07) is 4.80. The molecule has 0 aliphatic carbocycles. The number of nitro benzene ring substituents is 1. The number of urea groups is 1. The molecule has 0 radical (unpaired) electrons. The van der Waals surface area contributed by atoms with Crippen LogP contribution in [0.2, 0.25) is 0 Å². The summed E-state index contributed by atoms with van der Waals surface area (Å²) in [6.45, 7) is 3.78. The van der Waals surface area contributed by atoms with Crippen molar-refractivity contribution in [2.75, 3.05) is 44.2 Å². The average Bonchev–Trinajstić information content (AvgIpc) is 3.30. The van der Waals surface area contributed by atoms with Gasteiger partial charge >= 0.3 is 6.03 Å². The van der Waals surface area contributed by atoms with Crippen molar-refractivity contribution >= 4 is 23.3 Å². The molecule has 9 heteroatoms. The zero-order valence-electron chi connectivity index (χ0n) is 14.4. The van der Waals surface area contributed by atoms with Gasteiger partial charge in [0.05, 0.1) is 11.0 Å². The summed E-state index contributed by atoms with van der Waals surface area (Å²) < 4.78 is 0. The fourth-order valence-electron chi connectivity index (χ4n) is 3.98. The van der Waals surface area contributed by atoms with Crippen LogP contribution in [-0.4, -0.2) is 72.0 Å². The molecule has 3 fully saturated rings. The van der Waals surface area contributed by atoms with Crippen molar-refractivity contribution in [1.82, 2.24) is 15.1 Å². The number of hydrogen-bond donors (Lipinski definition) is 1. The van der Waals surface area contributed by atoms with Crippen LogP contribution in [0.25, 0.3) is 0 Å². The third-order valence-corrected chi connectivity index (χ3v) is 5.40. The van der Waals surface area contributed by atoms with Crippen molar-refractivity contribution in [3.63, 3.8) is 0 Å². The predicted molar refractivity (Wildman–Crippen MR) is 94.3 cm³/mol. The Labute approximate surface area is 150 Å². The molecule has 3 aliphatic heterocycles. The molecule has 0 aromatic heterocycles. The van der Waals surface area contributed by atoms with Crippen LogP contribution in [0.4, 0.5) is 16.2 Å². The lowest BCUT2D eigenvalue weighted by atomic mass is 10.1. The quantitative estimate of drug-likeness (QED) is 0.642. The van der Waals surface area contributed by atoms with E-state index < -0.39 is 4.92 Å². The van der Waals surface area contributed by atoms with E-state index in [9.17, 15) is 19.7 Å². The van der Waals surface area contributed by atoms with E-state index in [1.54, 1.807) is 17.0 Å². The van der Waals surface area contributed by atoms with E-state index in [0.29, 0.717) is 39.3 Å². The van der Waals surface area contributed by atoms with Crippen molar-refractivity contribution in [1.29, 1.82) is 0 Å². The Hall–Kier alpha value is -2.84. The number of fused-ring (bicyclic) bond motifs is 1. The lowest BCUT2D eigenvalue weighted by Crippen LogP contribution is -2.52. The number of anilines is 1. The van der Waals surface area contributed by atoms with E-state index in [1.807, 2.05) is 4.90 Å². The summed E-state index contributed by atoms with van der Waals surface area (Å²) in [4.78, 5) is 41.0. The molecule has 1 aromatic rings. The predicted octanol–water partition coefficient (Wildman–Crippen LogP) is 1.04. The second kappa shape index (κ2) is 6.47. The molecular formula is C17H21N5O4. The number of nitrogens with one attached hydrogen (secondary N) is 1. The van der Waals surface area contributed by atoms with Gasteiger partial charge in [0.15, 0.2) is 0 Å². The van der Waals surface area contributed by atoms with E-state index in [4.69, 9.17) is 0 Å². The van der Waals surface area contributed by atoms with Crippen LogP contribution in [0.3, 0.4) is 0 Å². The molecule has 3 amide bonds. The topological polar surface area (TPSA) is 99.0 Å². The highest BCUT2D eigenvalue weighted by molar-refractivity contribution is 5.99. The molecule has 1 atom stereocenters. The molecule has 3 saturated heterocycles. The van der Waals surface area contributed by atoms with E-state index in [2.05, 4.69) is 10.2 Å². The summed E-state index contributed by atoms with van der Waals surface area (Å²) in [5.74, 6) is -0.271. The zero-order chi connectivity index (χ0) is 18.3. The number of carbonyl (C=O) groups is 2. The monoisotopic (exact) mass is 359 g/mol. The second-order valence-corrected chi connectivity index (χ2v) is 6.94. The number of amides is 3. The fourth-order valence-corrected chi connectivity index (χ4v) is 3.98. The number of piperazine rings is 1. The smallest absolute Gasteiger partial charge is 0.317 e. The van der Waals surface area contributed by atoms with Crippen LogP contribution in [0, 0.1) is 10.1 Å². The summed E-state index contributed by atoms with van der Waals surface area (Å²) in [6.07, 6.45) is 1.87. The summed E-state index contributed by atoms with van der Waals surface area (Å²) in [5, 5.41) is 14.2. The molecule has 1 N–H and O–H groups in total. The van der Waals surface area contributed by atoms with Gasteiger partial charge in [-0.3, -0.25) is 14.9 Å². The summed E-state index contributed by atoms with van der Waals surface area (Å²) in [7, 11) is 0. The van der Waals surface area contributed by atoms with Crippen LogP contribution in [0.1, 0.15) is 23.2 Å². The van der Waals surface area contributed by atoms with Crippen LogP contribution in [-0.2, 0) is 0 Å². The van der Waals surface area contributed by atoms with E-state index in [1.165, 1.54) is 6.07 Å². The molecule has 0 bridgehead atoms. The number of likely N-dealkylation sites (tertiary alicyclic amines) is 1. The minimum Gasteiger partial charge on any atom is -0.368 e. The Balaban J connectivity index is 1.61. The average molecular weight is 359 g/mol. The third kappa shape index (κ3) is 2.83. The lowest BCUT2D eigenvalue weighted by molar-refractivity contribution is -0.385. The first kappa shape index (κ1) is 16.6. The highest BCUT2D eigenvalue weighted by atomic mass is 16.6. The van der Waals surface area contributed by atoms with Crippen LogP contribution < -0.4 is 10.2 Å². The molecule has 4 rings (SSSR count). The van der Waals surface area contributed by atoms with Gasteiger partial charge in [0.25, 0.3) is 11.6 Å². The van der Waals surface area contributed by atoms with Crippen LogP contribution in [0.5, 0.6) is 0 Å². The Morgan fingerprint density at radius 1 is 1.19 bits per heavy atom. The van der Waals surface area contributed by atoms with Gasteiger partial charge in [0.2, 0.25) is 0 Å². The molecule has 0 unspecified atom stereocenters. The molecule has 1 aromatic carbocycles. The zero-order valence-corrected chi connectivity index (χ0v) is 14.4. The SMILES string of the molecule is O=C(c1cc(N2CCN3C(=O)NC[C@@H]3C2)ccc1[N+](=O)[O-])N1CCCC1. The van der Waals surface area contributed by atoms with Gasteiger partial charge in [-0.2, -0.15) is 0 Å². The number of rotatable bonds is 3. The first-order valence-electron chi connectivity index (χ1n) is 8.92. The maximum Gasteiger partial charge on any atom is 0.317 e. The van der Waals surface area contributed by atoms with Crippen molar-refractivity contribution in [2.45, 2.75) is 18.9 Å². The van der Waals surface area contributed by atoms with Crippen molar-refractivity contribution in [3.05, 3.63) is 33.9 Å². The van der Waals surface area contributed by atoms with Crippen molar-refractivity contribution < 1.29 is 14.5 Å². The normalized spacial score (nSPS) is 22.4. The number of benzene rings is 1. The molecule has 0 saturated carbocycles. The fraction of sp³-hybridized carbons (Fsp3) is 0.529. The van der Waals surface area contributed by atoms with Gasteiger partial charge in [-0.05, 0) is 25.0 Å². The molecule has 9 nitrogen and oxygen atoms in total. The Morgan fingerprint density at radius 2 is 1.96 bits per heavy atom. The van der Waals surface area contributed by atoms with Gasteiger partial charge in [-0.15, -0.1) is 0 Å². The van der Waals surface area contributed by atoms with Gasteiger partial charge in [0, 0.05) is 51.0 Å². The molecule has 26 heavy (non-hydrogen) atoms. The van der Waals surface area contributed by atoms with Crippen molar-refractivity contribution in [3.8, 4) is 0 Å². The third-order valence-electron chi connectivity index (χ3n) is 5.40. The van der Waals surface area contributed by atoms with Gasteiger partial charge in [-0.25, -0.2) is 4.79 Å². The van der Waals surface area contributed by atoms with Crippen LogP contribution >= 0.6 is 0 Å². The second-order valence-electron chi connectivity index (χ2n) is 6.94. The van der Waals surface area contributed by atoms with E-state index in [0.717, 1.165) is 18.5 Å². The largest absolute Gasteiger partial charge is 0.368 e. The van der Waals surface area contributed by atoms with Gasteiger partial charge in [-0.1, -0.05) is 0 Å². The van der Waals surface area contributed by atoms with E-state index in [-0.39, 0.29) is 29.2 Å². The minimum atomic E-state index is -0.495. The lowest BCUT2D eigenvalue weighted by Gasteiger charge is -2.37. The van der Waals surface area contributed by atoms with Gasteiger partial charge in [0.1, 0.15) is 5.56 Å². The molecule has 0 spiro atoms. The molecule has 3 heterocycles. The standard InChI is InChI=1S/C17H21N5O4/c23-16(19-5-1-2-6-19)14-9-12(3-4-15(14)22(25)26)20-7-8-21-13(11-20)10-18-17(21)24/h3-4,9,13H,1-2,5-8,10-11H2,(H,18,24)/t13-/m1/s1. The molecule has 3 aliphatic rings. The Bertz CT molecular complexity index is 762. The number of carbonyl (C=O) groups excluding carboxylic acids is 2. The maximum absolute atomic E-state index is 12.8. The van der Waals surface area contributed by atoms with Crippen LogP contribution in [0.15, 0.2) is 18.2 Å². The minimum absolute atomic E-state index is 0.0387. The Morgan fingerprint density at radius 3 is 2.69 bits per heavy atom. The summed E-state index contributed by atoms with van der Waals surface area (Å²) in [5.41, 5.74) is 0.789. The van der Waals surface area contributed by atoms with Gasteiger partial charge < -0.3 is 20.0 Å². The highest BCUT2D eigenvalue weighted by Gasteiger charge is 2.36. The highest BCUT2D eigenvalue weighted by Crippen LogP contribution is 2.29. The van der Waals surface area contributed by atoms with E-state index >= 15 is 0 Å². The number of hydrogen-bond acceptors (Lipinski definition) is 5.